The van der Waals surface area contributed by atoms with E-state index in [0.717, 1.165) is 17.5 Å². The lowest BCUT2D eigenvalue weighted by Gasteiger charge is -2.01. The fraction of sp³-hybridized carbons (Fsp3) is 0.167. The Bertz CT molecular complexity index is 500. The molecule has 1 heterocycles. The Hall–Kier alpha value is -1.48. The number of rotatable bonds is 2. The van der Waals surface area contributed by atoms with Gasteiger partial charge in [0.1, 0.15) is 4.64 Å². The van der Waals surface area contributed by atoms with E-state index >= 15 is 0 Å². The summed E-state index contributed by atoms with van der Waals surface area (Å²) in [6.45, 7) is 2.15. The van der Waals surface area contributed by atoms with E-state index in [1.807, 2.05) is 6.07 Å². The first-order valence-electron chi connectivity index (χ1n) is 4.93. The van der Waals surface area contributed by atoms with Gasteiger partial charge < -0.3 is 0 Å². The van der Waals surface area contributed by atoms with Crippen molar-refractivity contribution in [2.75, 3.05) is 0 Å². The molecule has 0 unspecified atom stereocenters. The molecule has 0 spiro atoms. The number of benzene rings is 1. The minimum absolute atomic E-state index is 0.659. The molecule has 0 amide bonds. The summed E-state index contributed by atoms with van der Waals surface area (Å²) in [6.07, 6.45) is 2.85. The molecule has 0 atom stereocenters. The van der Waals surface area contributed by atoms with E-state index in [9.17, 15) is 0 Å². The molecule has 2 rings (SSSR count). The Morgan fingerprint density at radius 3 is 2.53 bits per heavy atom. The fourth-order valence-electron chi connectivity index (χ4n) is 1.47. The molecule has 0 bridgehead atoms. The average Bonchev–Trinajstić information content (AvgIpc) is 2.29. The summed E-state index contributed by atoms with van der Waals surface area (Å²) in [7, 11) is 0. The van der Waals surface area contributed by atoms with Gasteiger partial charge >= 0.3 is 0 Å². The first-order valence-corrected chi connectivity index (χ1v) is 5.34. The second-order valence-electron chi connectivity index (χ2n) is 3.38. The largest absolute Gasteiger partial charge is 0.268 e. The highest BCUT2D eigenvalue weighted by Crippen LogP contribution is 2.18. The van der Waals surface area contributed by atoms with Crippen LogP contribution in [0.4, 0.5) is 0 Å². The van der Waals surface area contributed by atoms with Crippen LogP contribution in [0.1, 0.15) is 12.5 Å². The van der Waals surface area contributed by atoms with Crippen LogP contribution in [0.2, 0.25) is 0 Å². The van der Waals surface area contributed by atoms with Gasteiger partial charge in [0.15, 0.2) is 0 Å². The Morgan fingerprint density at radius 1 is 1.20 bits per heavy atom. The molecular weight excluding hydrogens is 204 g/mol. The summed E-state index contributed by atoms with van der Waals surface area (Å²) in [6, 6.07) is 10.4. The van der Waals surface area contributed by atoms with Crippen molar-refractivity contribution < 1.29 is 0 Å². The van der Waals surface area contributed by atoms with E-state index < -0.39 is 0 Å². The van der Waals surface area contributed by atoms with Gasteiger partial charge in [0.05, 0.1) is 6.20 Å². The van der Waals surface area contributed by atoms with Gasteiger partial charge in [0, 0.05) is 5.56 Å². The molecule has 2 aromatic rings. The lowest BCUT2D eigenvalue weighted by atomic mass is 10.1. The van der Waals surface area contributed by atoms with Crippen molar-refractivity contribution in [3.8, 4) is 11.1 Å². The Labute approximate surface area is 94.0 Å². The Balaban J connectivity index is 2.41. The normalized spacial score (nSPS) is 10.2. The topological polar surface area (TPSA) is 28.7 Å². The van der Waals surface area contributed by atoms with E-state index in [-0.39, 0.29) is 0 Å². The highest BCUT2D eigenvalue weighted by atomic mass is 32.1. The number of nitrogens with zero attached hydrogens (tertiary/aromatic N) is 1. The van der Waals surface area contributed by atoms with Gasteiger partial charge in [-0.05, 0) is 23.6 Å². The molecule has 1 aromatic heterocycles. The minimum Gasteiger partial charge on any atom is -0.268 e. The second kappa shape index (κ2) is 4.36. The zero-order valence-electron chi connectivity index (χ0n) is 8.53. The number of H-pyrrole nitrogens is 1. The van der Waals surface area contributed by atoms with Crippen molar-refractivity contribution in [3.63, 3.8) is 0 Å². The number of hydrogen-bond acceptors (Lipinski definition) is 2. The maximum atomic E-state index is 5.03. The summed E-state index contributed by atoms with van der Waals surface area (Å²) in [5.74, 6) is 0. The number of nitrogens with one attached hydrogen (secondary N) is 1. The number of hydrogen-bond donors (Lipinski definition) is 1. The van der Waals surface area contributed by atoms with Crippen molar-refractivity contribution in [2.45, 2.75) is 13.3 Å². The van der Waals surface area contributed by atoms with Crippen molar-refractivity contribution in [1.29, 1.82) is 0 Å². The Morgan fingerprint density at radius 2 is 1.93 bits per heavy atom. The minimum atomic E-state index is 0.659. The van der Waals surface area contributed by atoms with Crippen molar-refractivity contribution in [3.05, 3.63) is 46.7 Å². The van der Waals surface area contributed by atoms with Crippen molar-refractivity contribution >= 4 is 12.2 Å². The Kier molecular flexibility index (Phi) is 2.92. The van der Waals surface area contributed by atoms with E-state index in [1.54, 1.807) is 6.20 Å². The van der Waals surface area contributed by atoms with Crippen LogP contribution in [0.3, 0.4) is 0 Å². The van der Waals surface area contributed by atoms with Crippen LogP contribution in [0.25, 0.3) is 11.1 Å². The first-order chi connectivity index (χ1) is 7.29. The fourth-order valence-corrected chi connectivity index (χ4v) is 1.65. The standard InChI is InChI=1S/C12H12N2S/c1-2-9-3-5-10(6-4-9)11-7-12(15)14-13-8-11/h3-8H,2H2,1H3,(H,14,15). The smallest absolute Gasteiger partial charge is 0.120 e. The number of aromatic nitrogens is 2. The molecule has 15 heavy (non-hydrogen) atoms. The maximum Gasteiger partial charge on any atom is 0.120 e. The van der Waals surface area contributed by atoms with Gasteiger partial charge in [0.2, 0.25) is 0 Å². The molecule has 3 heteroatoms. The highest BCUT2D eigenvalue weighted by Gasteiger charge is 1.97. The van der Waals surface area contributed by atoms with Crippen LogP contribution in [0.5, 0.6) is 0 Å². The zero-order valence-corrected chi connectivity index (χ0v) is 9.34. The third kappa shape index (κ3) is 2.30. The van der Waals surface area contributed by atoms with Gasteiger partial charge in [-0.2, -0.15) is 5.10 Å². The van der Waals surface area contributed by atoms with Crippen molar-refractivity contribution in [1.82, 2.24) is 10.2 Å². The molecule has 0 saturated heterocycles. The average molecular weight is 216 g/mol. The van der Waals surface area contributed by atoms with Gasteiger partial charge in [0.25, 0.3) is 0 Å². The number of aromatic amines is 1. The molecule has 0 saturated carbocycles. The van der Waals surface area contributed by atoms with Gasteiger partial charge in [-0.1, -0.05) is 43.4 Å². The van der Waals surface area contributed by atoms with E-state index in [0.29, 0.717) is 4.64 Å². The molecule has 2 nitrogen and oxygen atoms in total. The molecule has 0 aliphatic heterocycles. The summed E-state index contributed by atoms with van der Waals surface area (Å²) >= 11 is 5.03. The van der Waals surface area contributed by atoms with Crippen LogP contribution in [0.15, 0.2) is 36.5 Å². The van der Waals surface area contributed by atoms with Gasteiger partial charge in [-0.25, -0.2) is 0 Å². The quantitative estimate of drug-likeness (QED) is 0.780. The predicted octanol–water partition coefficient (Wildman–Crippen LogP) is 3.37. The van der Waals surface area contributed by atoms with E-state index in [1.165, 1.54) is 5.56 Å². The summed E-state index contributed by atoms with van der Waals surface area (Å²) in [4.78, 5) is 0. The van der Waals surface area contributed by atoms with Crippen LogP contribution < -0.4 is 0 Å². The molecule has 1 aromatic carbocycles. The maximum absolute atomic E-state index is 5.03. The van der Waals surface area contributed by atoms with E-state index in [2.05, 4.69) is 41.4 Å². The molecule has 0 fully saturated rings. The second-order valence-corrected chi connectivity index (χ2v) is 3.82. The number of aryl methyl sites for hydroxylation is 1. The monoisotopic (exact) mass is 216 g/mol. The lowest BCUT2D eigenvalue weighted by molar-refractivity contribution is 1.02. The highest BCUT2D eigenvalue weighted by molar-refractivity contribution is 7.71. The summed E-state index contributed by atoms with van der Waals surface area (Å²) in [5.41, 5.74) is 3.55. The molecule has 0 radical (unpaired) electrons. The van der Waals surface area contributed by atoms with Crippen LogP contribution in [-0.2, 0) is 6.42 Å². The van der Waals surface area contributed by atoms with Crippen LogP contribution in [-0.4, -0.2) is 10.2 Å². The molecule has 1 N–H and O–H groups in total. The molecule has 76 valence electrons. The van der Waals surface area contributed by atoms with Gasteiger partial charge in [-0.15, -0.1) is 0 Å². The van der Waals surface area contributed by atoms with Crippen molar-refractivity contribution in [2.24, 2.45) is 0 Å². The lowest BCUT2D eigenvalue weighted by Crippen LogP contribution is -1.85. The van der Waals surface area contributed by atoms with E-state index in [4.69, 9.17) is 12.2 Å². The zero-order chi connectivity index (χ0) is 10.7. The molecule has 0 aliphatic carbocycles. The van der Waals surface area contributed by atoms with Gasteiger partial charge in [-0.3, -0.25) is 5.10 Å². The third-order valence-electron chi connectivity index (χ3n) is 2.36. The SMILES string of the molecule is CCc1ccc(-c2cn[nH]c(=S)c2)cc1. The summed E-state index contributed by atoms with van der Waals surface area (Å²) in [5, 5.41) is 6.70. The first kappa shape index (κ1) is 10.1. The summed E-state index contributed by atoms with van der Waals surface area (Å²) < 4.78 is 0.659. The third-order valence-corrected chi connectivity index (χ3v) is 2.57. The van der Waals surface area contributed by atoms with Crippen LogP contribution in [0, 0.1) is 4.64 Å². The predicted molar refractivity (Wildman–Crippen MR) is 64.2 cm³/mol. The molecule has 0 aliphatic rings. The van der Waals surface area contributed by atoms with Crippen LogP contribution >= 0.6 is 12.2 Å². The molecular formula is C12H12N2S.